The highest BCUT2D eigenvalue weighted by molar-refractivity contribution is 6.30. The second kappa shape index (κ2) is 9.91. The lowest BCUT2D eigenvalue weighted by Crippen LogP contribution is -3.13. The Kier molecular flexibility index (Phi) is 7.57. The maximum absolute atomic E-state index is 12.3. The van der Waals surface area contributed by atoms with E-state index < -0.39 is 0 Å². The zero-order valence-corrected chi connectivity index (χ0v) is 15.3. The van der Waals surface area contributed by atoms with Crippen molar-refractivity contribution in [2.24, 2.45) is 0 Å². The summed E-state index contributed by atoms with van der Waals surface area (Å²) < 4.78 is 10.9. The molecule has 2 N–H and O–H groups in total. The van der Waals surface area contributed by atoms with E-state index in [0.29, 0.717) is 29.6 Å². The predicted molar refractivity (Wildman–Crippen MR) is 99.8 cm³/mol. The quantitative estimate of drug-likeness (QED) is 0.718. The van der Waals surface area contributed by atoms with Gasteiger partial charge in [-0.3, -0.25) is 4.79 Å². The molecule has 0 saturated carbocycles. The van der Waals surface area contributed by atoms with Crippen LogP contribution in [0.5, 0.6) is 11.5 Å². The van der Waals surface area contributed by atoms with Crippen LogP contribution in [0.1, 0.15) is 6.92 Å². The normalized spacial score (nSPS) is 11.6. The molecule has 0 aromatic heterocycles. The van der Waals surface area contributed by atoms with E-state index in [0.717, 1.165) is 23.7 Å². The van der Waals surface area contributed by atoms with Crippen LogP contribution in [0.2, 0.25) is 5.02 Å². The van der Waals surface area contributed by atoms with Crippen LogP contribution < -0.4 is 19.7 Å². The first-order valence-corrected chi connectivity index (χ1v) is 8.65. The Morgan fingerprint density at radius 1 is 1.16 bits per heavy atom. The van der Waals surface area contributed by atoms with Gasteiger partial charge >= 0.3 is 0 Å². The number of halogens is 1. The van der Waals surface area contributed by atoms with Gasteiger partial charge in [-0.15, -0.1) is 0 Å². The van der Waals surface area contributed by atoms with E-state index in [-0.39, 0.29) is 5.91 Å². The largest absolute Gasteiger partial charge is 0.495 e. The minimum absolute atomic E-state index is 0.0483. The third-order valence-electron chi connectivity index (χ3n) is 3.83. The summed E-state index contributed by atoms with van der Waals surface area (Å²) in [4.78, 5) is 13.4. The molecule has 0 aliphatic heterocycles. The number of quaternary nitrogens is 1. The Labute approximate surface area is 153 Å². The Morgan fingerprint density at radius 2 is 1.88 bits per heavy atom. The number of methoxy groups -OCH3 is 1. The first-order chi connectivity index (χ1) is 12.1. The number of rotatable bonds is 9. The summed E-state index contributed by atoms with van der Waals surface area (Å²) in [5, 5.41) is 3.58. The number of amides is 1. The van der Waals surface area contributed by atoms with Crippen LogP contribution in [0.4, 0.5) is 5.69 Å². The number of nitrogens with one attached hydrogen (secondary N) is 2. The van der Waals surface area contributed by atoms with Crippen molar-refractivity contribution in [3.63, 3.8) is 0 Å². The molecule has 5 nitrogen and oxygen atoms in total. The fourth-order valence-electron chi connectivity index (χ4n) is 2.40. The Balaban J connectivity index is 1.80. The number of hydrogen-bond acceptors (Lipinski definition) is 3. The first kappa shape index (κ1) is 19.1. The highest BCUT2D eigenvalue weighted by Gasteiger charge is 2.14. The van der Waals surface area contributed by atoms with Crippen molar-refractivity contribution in [3.8, 4) is 11.5 Å². The van der Waals surface area contributed by atoms with Gasteiger partial charge in [-0.1, -0.05) is 23.7 Å². The summed E-state index contributed by atoms with van der Waals surface area (Å²) in [5.41, 5.74) is 0.683. The molecule has 0 aliphatic carbocycles. The summed E-state index contributed by atoms with van der Waals surface area (Å²) in [6.07, 6.45) is 0. The second-order valence-corrected chi connectivity index (χ2v) is 6.02. The fraction of sp³-hybridized carbons (Fsp3) is 0.316. The number of ether oxygens (including phenoxy) is 2. The molecule has 2 aromatic rings. The summed E-state index contributed by atoms with van der Waals surface area (Å²) in [7, 11) is 1.59. The lowest BCUT2D eigenvalue weighted by atomic mass is 10.3. The zero-order valence-electron chi connectivity index (χ0n) is 14.5. The molecule has 6 heteroatoms. The molecule has 25 heavy (non-hydrogen) atoms. The van der Waals surface area contributed by atoms with E-state index in [2.05, 4.69) is 5.32 Å². The van der Waals surface area contributed by atoms with Crippen LogP contribution in [0, 0.1) is 0 Å². The molecule has 0 bridgehead atoms. The number of anilines is 1. The molecule has 1 atom stereocenters. The third-order valence-corrected chi connectivity index (χ3v) is 4.08. The Hall–Kier alpha value is -2.24. The summed E-state index contributed by atoms with van der Waals surface area (Å²) >= 11 is 5.85. The number of likely N-dealkylation sites (N-methyl/N-ethyl adjacent to an activating group) is 1. The monoisotopic (exact) mass is 363 g/mol. The highest BCUT2D eigenvalue weighted by atomic mass is 35.5. The van der Waals surface area contributed by atoms with Crippen molar-refractivity contribution in [3.05, 3.63) is 53.6 Å². The molecule has 1 amide bonds. The summed E-state index contributed by atoms with van der Waals surface area (Å²) in [6.45, 7) is 4.53. The van der Waals surface area contributed by atoms with E-state index in [1.54, 1.807) is 19.2 Å². The van der Waals surface area contributed by atoms with Gasteiger partial charge in [0.25, 0.3) is 5.91 Å². The molecule has 0 fully saturated rings. The second-order valence-electron chi connectivity index (χ2n) is 5.58. The Bertz CT molecular complexity index is 677. The number of carbonyl (C=O) groups excluding carboxylic acids is 1. The number of para-hydroxylation sites is 2. The van der Waals surface area contributed by atoms with Crippen molar-refractivity contribution >= 4 is 23.2 Å². The highest BCUT2D eigenvalue weighted by Crippen LogP contribution is 2.22. The average molecular weight is 364 g/mol. The molecule has 0 heterocycles. The molecule has 1 unspecified atom stereocenters. The summed E-state index contributed by atoms with van der Waals surface area (Å²) in [5.74, 6) is 1.38. The maximum Gasteiger partial charge on any atom is 0.279 e. The molecule has 0 saturated heterocycles. The minimum atomic E-state index is -0.0483. The van der Waals surface area contributed by atoms with Crippen molar-refractivity contribution in [2.45, 2.75) is 6.92 Å². The van der Waals surface area contributed by atoms with E-state index >= 15 is 0 Å². The van der Waals surface area contributed by atoms with E-state index in [9.17, 15) is 4.79 Å². The molecular formula is C19H24ClN2O3+. The van der Waals surface area contributed by atoms with Gasteiger partial charge in [-0.25, -0.2) is 0 Å². The van der Waals surface area contributed by atoms with E-state index in [1.165, 1.54) is 0 Å². The fourth-order valence-corrected chi connectivity index (χ4v) is 2.53. The van der Waals surface area contributed by atoms with Gasteiger partial charge in [0.15, 0.2) is 6.54 Å². The molecule has 0 radical (unpaired) electrons. The molecule has 2 aromatic carbocycles. The van der Waals surface area contributed by atoms with Crippen LogP contribution in [0.3, 0.4) is 0 Å². The number of hydrogen-bond donors (Lipinski definition) is 2. The maximum atomic E-state index is 12.3. The van der Waals surface area contributed by atoms with Crippen LogP contribution in [0.15, 0.2) is 48.5 Å². The van der Waals surface area contributed by atoms with Crippen molar-refractivity contribution < 1.29 is 19.2 Å². The van der Waals surface area contributed by atoms with Crippen molar-refractivity contribution in [2.75, 3.05) is 38.7 Å². The predicted octanol–water partition coefficient (Wildman–Crippen LogP) is 2.27. The van der Waals surface area contributed by atoms with Gasteiger partial charge in [0.1, 0.15) is 24.7 Å². The zero-order chi connectivity index (χ0) is 18.1. The SMILES string of the molecule is CC[NH+](CCOc1ccc(Cl)cc1)CC(=O)Nc1ccccc1OC. The first-order valence-electron chi connectivity index (χ1n) is 8.27. The van der Waals surface area contributed by atoms with Crippen LogP contribution in [0.25, 0.3) is 0 Å². The lowest BCUT2D eigenvalue weighted by Gasteiger charge is -2.18. The van der Waals surface area contributed by atoms with Crippen LogP contribution >= 0.6 is 11.6 Å². The third kappa shape index (κ3) is 6.29. The van der Waals surface area contributed by atoms with Gasteiger partial charge in [-0.2, -0.15) is 0 Å². The molecule has 0 aliphatic rings. The molecular weight excluding hydrogens is 340 g/mol. The molecule has 2 rings (SSSR count). The van der Waals surface area contributed by atoms with Gasteiger partial charge in [0, 0.05) is 5.02 Å². The van der Waals surface area contributed by atoms with Crippen molar-refractivity contribution in [1.29, 1.82) is 0 Å². The van der Waals surface area contributed by atoms with Crippen LogP contribution in [-0.4, -0.2) is 39.3 Å². The van der Waals surface area contributed by atoms with Crippen molar-refractivity contribution in [1.82, 2.24) is 0 Å². The summed E-state index contributed by atoms with van der Waals surface area (Å²) in [6, 6.07) is 14.6. The van der Waals surface area contributed by atoms with Gasteiger partial charge < -0.3 is 19.7 Å². The Morgan fingerprint density at radius 3 is 2.56 bits per heavy atom. The van der Waals surface area contributed by atoms with Gasteiger partial charge in [0.05, 0.1) is 19.3 Å². The molecule has 134 valence electrons. The minimum Gasteiger partial charge on any atom is -0.495 e. The van der Waals surface area contributed by atoms with E-state index in [4.69, 9.17) is 21.1 Å². The smallest absolute Gasteiger partial charge is 0.279 e. The van der Waals surface area contributed by atoms with E-state index in [1.807, 2.05) is 43.3 Å². The van der Waals surface area contributed by atoms with Crippen LogP contribution in [-0.2, 0) is 4.79 Å². The average Bonchev–Trinajstić information content (AvgIpc) is 2.63. The standard InChI is InChI=1S/C19H23ClN2O3/c1-3-22(12-13-25-16-10-8-15(20)9-11-16)14-19(23)21-17-6-4-5-7-18(17)24-2/h4-11H,3,12-14H2,1-2H3,(H,21,23)/p+1. The lowest BCUT2D eigenvalue weighted by molar-refractivity contribution is -0.889. The number of benzene rings is 2. The van der Waals surface area contributed by atoms with Gasteiger partial charge in [-0.05, 0) is 43.3 Å². The molecule has 0 spiro atoms. The van der Waals surface area contributed by atoms with Gasteiger partial charge in [0.2, 0.25) is 0 Å². The number of carbonyl (C=O) groups is 1. The topological polar surface area (TPSA) is 52.0 Å².